The van der Waals surface area contributed by atoms with Crippen molar-refractivity contribution in [3.05, 3.63) is 53.9 Å². The van der Waals surface area contributed by atoms with Crippen molar-refractivity contribution in [1.29, 1.82) is 0 Å². The second kappa shape index (κ2) is 7.02. The van der Waals surface area contributed by atoms with Gasteiger partial charge in [-0.2, -0.15) is 5.10 Å². The topological polar surface area (TPSA) is 109 Å². The third-order valence-corrected chi connectivity index (χ3v) is 5.78. The Kier molecular flexibility index (Phi) is 4.64. The fourth-order valence-corrected chi connectivity index (χ4v) is 3.92. The maximum atomic E-state index is 11.5. The van der Waals surface area contributed by atoms with E-state index in [0.29, 0.717) is 18.0 Å². The number of rotatable bonds is 5. The Hall–Kier alpha value is -3.17. The Bertz CT molecular complexity index is 1330. The lowest BCUT2D eigenvalue weighted by atomic mass is 10.1. The van der Waals surface area contributed by atoms with Gasteiger partial charge < -0.3 is 9.47 Å². The lowest BCUT2D eigenvalue weighted by Gasteiger charge is -2.11. The van der Waals surface area contributed by atoms with Crippen LogP contribution in [0.1, 0.15) is 11.3 Å². The minimum atomic E-state index is -3.72. The average molecular weight is 412 g/mol. The molecule has 4 rings (SSSR count). The van der Waals surface area contributed by atoms with E-state index in [9.17, 15) is 8.42 Å². The highest BCUT2D eigenvalue weighted by atomic mass is 32.2. The Morgan fingerprint density at radius 2 is 1.69 bits per heavy atom. The zero-order chi connectivity index (χ0) is 20.8. The van der Waals surface area contributed by atoms with Crippen LogP contribution in [0.3, 0.4) is 0 Å². The largest absolute Gasteiger partial charge is 0.493 e. The smallest absolute Gasteiger partial charge is 0.238 e. The summed E-state index contributed by atoms with van der Waals surface area (Å²) in [5.41, 5.74) is 3.43. The Morgan fingerprint density at radius 1 is 1.03 bits per heavy atom. The molecule has 2 N–H and O–H groups in total. The van der Waals surface area contributed by atoms with Crippen molar-refractivity contribution >= 4 is 31.8 Å². The Balaban J connectivity index is 1.87. The van der Waals surface area contributed by atoms with E-state index in [1.807, 2.05) is 23.7 Å². The fourth-order valence-electron chi connectivity index (χ4n) is 3.40. The molecule has 0 radical (unpaired) electrons. The molecule has 0 aliphatic carbocycles. The van der Waals surface area contributed by atoms with Gasteiger partial charge >= 0.3 is 0 Å². The molecule has 0 fully saturated rings. The number of benzene rings is 2. The van der Waals surface area contributed by atoms with Crippen LogP contribution >= 0.6 is 0 Å². The molecule has 0 atom stereocenters. The maximum Gasteiger partial charge on any atom is 0.238 e. The molecule has 0 saturated heterocycles. The van der Waals surface area contributed by atoms with Crippen molar-refractivity contribution in [1.82, 2.24) is 14.8 Å². The van der Waals surface area contributed by atoms with Crippen LogP contribution in [-0.4, -0.2) is 37.4 Å². The summed E-state index contributed by atoms with van der Waals surface area (Å²) in [7, 11) is -0.547. The molecule has 0 spiro atoms. The monoisotopic (exact) mass is 412 g/mol. The van der Waals surface area contributed by atoms with Crippen molar-refractivity contribution in [2.24, 2.45) is 5.14 Å². The molecule has 2 heterocycles. The van der Waals surface area contributed by atoms with Gasteiger partial charge in [0.25, 0.3) is 0 Å². The molecular weight excluding hydrogens is 392 g/mol. The second-order valence-electron chi connectivity index (χ2n) is 6.68. The molecule has 2 aromatic carbocycles. The van der Waals surface area contributed by atoms with Crippen LogP contribution < -0.4 is 14.6 Å². The summed E-state index contributed by atoms with van der Waals surface area (Å²) in [5.74, 6) is 1.21. The molecule has 29 heavy (non-hydrogen) atoms. The molecule has 0 amide bonds. The number of nitrogens with zero attached hydrogens (tertiary/aromatic N) is 3. The number of methoxy groups -OCH3 is 2. The zero-order valence-corrected chi connectivity index (χ0v) is 17.0. The van der Waals surface area contributed by atoms with Crippen LogP contribution in [0.15, 0.2) is 47.5 Å². The van der Waals surface area contributed by atoms with Gasteiger partial charge in [0, 0.05) is 23.0 Å². The number of hydrogen-bond donors (Lipinski definition) is 1. The van der Waals surface area contributed by atoms with E-state index in [1.165, 1.54) is 12.1 Å². The van der Waals surface area contributed by atoms with Crippen LogP contribution in [0.25, 0.3) is 21.8 Å². The van der Waals surface area contributed by atoms with E-state index < -0.39 is 10.0 Å². The molecule has 0 bridgehead atoms. The van der Waals surface area contributed by atoms with E-state index in [1.54, 1.807) is 32.5 Å². The molecule has 8 nitrogen and oxygen atoms in total. The summed E-state index contributed by atoms with van der Waals surface area (Å²) in [4.78, 5) is 4.62. The summed E-state index contributed by atoms with van der Waals surface area (Å²) in [6.45, 7) is 2.39. The number of fused-ring (bicyclic) bond motifs is 3. The van der Waals surface area contributed by atoms with Gasteiger partial charge in [-0.25, -0.2) is 13.6 Å². The third kappa shape index (κ3) is 3.39. The lowest BCUT2D eigenvalue weighted by Crippen LogP contribution is -2.12. The van der Waals surface area contributed by atoms with E-state index in [0.717, 1.165) is 33.1 Å². The van der Waals surface area contributed by atoms with Crippen LogP contribution in [0.2, 0.25) is 0 Å². The quantitative estimate of drug-likeness (QED) is 0.540. The minimum Gasteiger partial charge on any atom is -0.493 e. The normalized spacial score (nSPS) is 11.9. The first-order chi connectivity index (χ1) is 13.8. The van der Waals surface area contributed by atoms with E-state index in [2.05, 4.69) is 10.1 Å². The van der Waals surface area contributed by atoms with Crippen molar-refractivity contribution in [3.63, 3.8) is 0 Å². The Labute approximate surface area is 167 Å². The number of sulfonamides is 1. The number of aromatic nitrogens is 3. The van der Waals surface area contributed by atoms with Crippen LogP contribution in [-0.2, 0) is 16.6 Å². The van der Waals surface area contributed by atoms with Gasteiger partial charge in [0.2, 0.25) is 10.0 Å². The first kappa shape index (κ1) is 19.2. The molecule has 0 saturated carbocycles. The molecule has 9 heteroatoms. The van der Waals surface area contributed by atoms with Crippen molar-refractivity contribution in [3.8, 4) is 11.5 Å². The van der Waals surface area contributed by atoms with Crippen molar-refractivity contribution in [2.45, 2.75) is 18.4 Å². The fraction of sp³-hybridized carbons (Fsp3) is 0.200. The highest BCUT2D eigenvalue weighted by molar-refractivity contribution is 7.89. The summed E-state index contributed by atoms with van der Waals surface area (Å²) in [6, 6.07) is 10.2. The number of hydrogen-bond acceptors (Lipinski definition) is 6. The molecule has 4 aromatic rings. The molecule has 150 valence electrons. The maximum absolute atomic E-state index is 11.5. The number of aryl methyl sites for hydroxylation is 1. The van der Waals surface area contributed by atoms with E-state index >= 15 is 0 Å². The minimum absolute atomic E-state index is 0.0780. The van der Waals surface area contributed by atoms with Crippen LogP contribution in [0.4, 0.5) is 0 Å². The first-order valence-electron chi connectivity index (χ1n) is 8.81. The van der Waals surface area contributed by atoms with Gasteiger partial charge in [-0.3, -0.25) is 9.67 Å². The van der Waals surface area contributed by atoms with E-state index in [-0.39, 0.29) is 4.90 Å². The van der Waals surface area contributed by atoms with Gasteiger partial charge in [-0.15, -0.1) is 0 Å². The third-order valence-electron chi connectivity index (χ3n) is 4.85. The highest BCUT2D eigenvalue weighted by Gasteiger charge is 2.16. The first-order valence-corrected chi connectivity index (χ1v) is 10.4. The number of pyridine rings is 1. The zero-order valence-electron chi connectivity index (χ0n) is 16.2. The molecule has 2 aromatic heterocycles. The standard InChI is InChI=1S/C20H20N4O4S/c1-12-16-10-22-17-9-19(28-3)18(27-2)8-15(17)20(16)24(23-12)11-13-4-6-14(7-5-13)29(21,25)26/h4-10H,11H2,1-3H3,(H2,21,25,26). The molecule has 0 aliphatic heterocycles. The van der Waals surface area contributed by atoms with Crippen LogP contribution in [0.5, 0.6) is 11.5 Å². The van der Waals surface area contributed by atoms with Crippen LogP contribution in [0, 0.1) is 6.92 Å². The second-order valence-corrected chi connectivity index (χ2v) is 8.24. The molecule has 0 unspecified atom stereocenters. The summed E-state index contributed by atoms with van der Waals surface area (Å²) in [5, 5.41) is 11.7. The Morgan fingerprint density at radius 3 is 2.31 bits per heavy atom. The van der Waals surface area contributed by atoms with Gasteiger partial charge in [-0.1, -0.05) is 12.1 Å². The summed E-state index contributed by atoms with van der Waals surface area (Å²) >= 11 is 0. The van der Waals surface area contributed by atoms with Gasteiger partial charge in [0.05, 0.1) is 42.4 Å². The van der Waals surface area contributed by atoms with Gasteiger partial charge in [0.15, 0.2) is 11.5 Å². The molecular formula is C20H20N4O4S. The predicted molar refractivity (Wildman–Crippen MR) is 110 cm³/mol. The van der Waals surface area contributed by atoms with E-state index in [4.69, 9.17) is 14.6 Å². The highest BCUT2D eigenvalue weighted by Crippen LogP contribution is 2.35. The molecule has 0 aliphatic rings. The summed E-state index contributed by atoms with van der Waals surface area (Å²) < 4.78 is 35.7. The summed E-state index contributed by atoms with van der Waals surface area (Å²) in [6.07, 6.45) is 1.80. The number of ether oxygens (including phenoxy) is 2. The predicted octanol–water partition coefficient (Wildman–Crippen LogP) is 2.61. The van der Waals surface area contributed by atoms with Crippen molar-refractivity contribution in [2.75, 3.05) is 14.2 Å². The SMILES string of the molecule is COc1cc2ncc3c(C)nn(Cc4ccc(S(N)(=O)=O)cc4)c3c2cc1OC. The number of primary sulfonamides is 1. The lowest BCUT2D eigenvalue weighted by molar-refractivity contribution is 0.356. The van der Waals surface area contributed by atoms with Crippen molar-refractivity contribution < 1.29 is 17.9 Å². The number of nitrogens with two attached hydrogens (primary N) is 1. The van der Waals surface area contributed by atoms with Gasteiger partial charge in [0.1, 0.15) is 0 Å². The van der Waals surface area contributed by atoms with Gasteiger partial charge in [-0.05, 0) is 30.7 Å². The average Bonchev–Trinajstić information content (AvgIpc) is 3.02.